The summed E-state index contributed by atoms with van der Waals surface area (Å²) in [7, 11) is 0. The Bertz CT molecular complexity index is 147. The first-order valence-electron chi connectivity index (χ1n) is 3.78. The summed E-state index contributed by atoms with van der Waals surface area (Å²) < 4.78 is 0. The maximum Gasteiger partial charge on any atom is 0.102 e. The van der Waals surface area contributed by atoms with E-state index >= 15 is 0 Å². The highest BCUT2D eigenvalue weighted by Crippen LogP contribution is 1.96. The summed E-state index contributed by atoms with van der Waals surface area (Å²) >= 11 is 0. The molecule has 0 heterocycles. The number of nitrogens with zero attached hydrogens (tertiary/aromatic N) is 1. The van der Waals surface area contributed by atoms with Crippen LogP contribution in [0.5, 0.6) is 0 Å². The number of hydrogen-bond donors (Lipinski definition) is 2. The van der Waals surface area contributed by atoms with Gasteiger partial charge in [0, 0.05) is 13.1 Å². The van der Waals surface area contributed by atoms with Crippen LogP contribution in [0.2, 0.25) is 0 Å². The van der Waals surface area contributed by atoms with Crippen LogP contribution in [-0.4, -0.2) is 29.4 Å². The molecule has 0 rings (SSSR count). The molecule has 0 aliphatic carbocycles. The Morgan fingerprint density at radius 3 is 2.00 bits per heavy atom. The first kappa shape index (κ1) is 11.1. The quantitative estimate of drug-likeness (QED) is 0.340. The van der Waals surface area contributed by atoms with Gasteiger partial charge in [0.1, 0.15) is 6.17 Å². The second-order valence-electron chi connectivity index (χ2n) is 2.34. The summed E-state index contributed by atoms with van der Waals surface area (Å²) in [6.07, 6.45) is 4.89. The molecule has 1 unspecified atom stereocenters. The van der Waals surface area contributed by atoms with Gasteiger partial charge in [-0.3, -0.25) is 4.90 Å². The first-order valence-corrected chi connectivity index (χ1v) is 3.78. The van der Waals surface area contributed by atoms with E-state index in [-0.39, 0.29) is 6.17 Å². The van der Waals surface area contributed by atoms with Gasteiger partial charge in [-0.2, -0.15) is 5.48 Å². The molecule has 0 aromatic carbocycles. The number of rotatable bonds is 7. The van der Waals surface area contributed by atoms with Crippen LogP contribution in [0.1, 0.15) is 0 Å². The summed E-state index contributed by atoms with van der Waals surface area (Å²) in [5.41, 5.74) is 2.13. The predicted octanol–water partition coefficient (Wildman–Crippen LogP) is 1.15. The van der Waals surface area contributed by atoms with Gasteiger partial charge in [-0.05, 0) is 0 Å². The molecule has 3 heteroatoms. The van der Waals surface area contributed by atoms with Gasteiger partial charge in [-0.25, -0.2) is 0 Å². The molecule has 0 aromatic heterocycles. The molecule has 0 aliphatic heterocycles. The highest BCUT2D eigenvalue weighted by molar-refractivity contribution is 4.90. The van der Waals surface area contributed by atoms with E-state index < -0.39 is 0 Å². The van der Waals surface area contributed by atoms with E-state index in [9.17, 15) is 0 Å². The molecule has 0 saturated heterocycles. The average Bonchev–Trinajstić information content (AvgIpc) is 2.07. The van der Waals surface area contributed by atoms with Gasteiger partial charge in [-0.15, -0.1) is 19.7 Å². The van der Waals surface area contributed by atoms with E-state index in [1.165, 1.54) is 0 Å². The van der Waals surface area contributed by atoms with Crippen LogP contribution in [-0.2, 0) is 0 Å². The van der Waals surface area contributed by atoms with Crippen LogP contribution in [0.25, 0.3) is 0 Å². The standard InChI is InChI=1S/C9H16N2O/c1-4-7-11(8-5-2)9(6-3)10-12/h4-6,9-10,12H,1-3,7-8H2. The van der Waals surface area contributed by atoms with Crippen molar-refractivity contribution < 1.29 is 5.21 Å². The van der Waals surface area contributed by atoms with E-state index in [1.807, 2.05) is 4.90 Å². The molecule has 0 aliphatic rings. The van der Waals surface area contributed by atoms with Crippen LogP contribution >= 0.6 is 0 Å². The molecule has 12 heavy (non-hydrogen) atoms. The number of hydrogen-bond acceptors (Lipinski definition) is 3. The minimum absolute atomic E-state index is 0.249. The summed E-state index contributed by atoms with van der Waals surface area (Å²) in [6, 6.07) is 0. The summed E-state index contributed by atoms with van der Waals surface area (Å²) in [4.78, 5) is 1.92. The Morgan fingerprint density at radius 1 is 1.25 bits per heavy atom. The Labute approximate surface area is 73.6 Å². The molecule has 0 aromatic rings. The van der Waals surface area contributed by atoms with Gasteiger partial charge in [0.15, 0.2) is 0 Å². The second-order valence-corrected chi connectivity index (χ2v) is 2.34. The van der Waals surface area contributed by atoms with E-state index in [4.69, 9.17) is 5.21 Å². The molecular weight excluding hydrogens is 152 g/mol. The van der Waals surface area contributed by atoms with Crippen molar-refractivity contribution in [3.8, 4) is 0 Å². The lowest BCUT2D eigenvalue weighted by molar-refractivity contribution is 0.0697. The second kappa shape index (κ2) is 6.79. The Balaban J connectivity index is 4.12. The predicted molar refractivity (Wildman–Crippen MR) is 50.9 cm³/mol. The van der Waals surface area contributed by atoms with Gasteiger partial charge >= 0.3 is 0 Å². The topological polar surface area (TPSA) is 35.5 Å². The minimum Gasteiger partial charge on any atom is -0.315 e. The van der Waals surface area contributed by atoms with Gasteiger partial charge in [0.05, 0.1) is 0 Å². The lowest BCUT2D eigenvalue weighted by Gasteiger charge is -2.25. The third kappa shape index (κ3) is 3.48. The van der Waals surface area contributed by atoms with Gasteiger partial charge in [0.25, 0.3) is 0 Å². The molecule has 2 N–H and O–H groups in total. The Morgan fingerprint density at radius 2 is 1.75 bits per heavy atom. The lowest BCUT2D eigenvalue weighted by Crippen LogP contribution is -2.43. The zero-order valence-corrected chi connectivity index (χ0v) is 7.24. The monoisotopic (exact) mass is 168 g/mol. The van der Waals surface area contributed by atoms with Crippen LogP contribution in [0.3, 0.4) is 0 Å². The molecule has 0 radical (unpaired) electrons. The van der Waals surface area contributed by atoms with Gasteiger partial charge in [0.2, 0.25) is 0 Å². The average molecular weight is 168 g/mol. The highest BCUT2D eigenvalue weighted by Gasteiger charge is 2.09. The van der Waals surface area contributed by atoms with E-state index in [1.54, 1.807) is 18.2 Å². The molecule has 1 atom stereocenters. The molecule has 3 nitrogen and oxygen atoms in total. The molecule has 0 bridgehead atoms. The third-order valence-corrected chi connectivity index (χ3v) is 1.48. The Kier molecular flexibility index (Phi) is 6.28. The minimum atomic E-state index is -0.249. The van der Waals surface area contributed by atoms with E-state index in [0.29, 0.717) is 13.1 Å². The lowest BCUT2D eigenvalue weighted by atomic mass is 10.3. The van der Waals surface area contributed by atoms with Crippen molar-refractivity contribution in [1.82, 2.24) is 10.4 Å². The van der Waals surface area contributed by atoms with Crippen LogP contribution in [0.15, 0.2) is 38.0 Å². The van der Waals surface area contributed by atoms with Crippen LogP contribution in [0, 0.1) is 0 Å². The summed E-state index contributed by atoms with van der Waals surface area (Å²) in [5.74, 6) is 0. The molecule has 0 fully saturated rings. The smallest absolute Gasteiger partial charge is 0.102 e. The first-order chi connectivity index (χ1) is 5.79. The zero-order valence-electron chi connectivity index (χ0n) is 7.24. The fourth-order valence-electron chi connectivity index (χ4n) is 0.917. The maximum absolute atomic E-state index is 8.72. The third-order valence-electron chi connectivity index (χ3n) is 1.48. The van der Waals surface area contributed by atoms with E-state index in [0.717, 1.165) is 0 Å². The Hall–Kier alpha value is -0.900. The number of nitrogens with one attached hydrogen (secondary N) is 1. The van der Waals surface area contributed by atoms with Gasteiger partial charge < -0.3 is 5.21 Å². The molecule has 68 valence electrons. The normalized spacial score (nSPS) is 12.5. The van der Waals surface area contributed by atoms with Gasteiger partial charge in [-0.1, -0.05) is 18.2 Å². The van der Waals surface area contributed by atoms with Crippen molar-refractivity contribution in [2.45, 2.75) is 6.17 Å². The van der Waals surface area contributed by atoms with Crippen molar-refractivity contribution in [2.75, 3.05) is 13.1 Å². The van der Waals surface area contributed by atoms with Crippen LogP contribution in [0.4, 0.5) is 0 Å². The van der Waals surface area contributed by atoms with Crippen molar-refractivity contribution in [3.63, 3.8) is 0 Å². The summed E-state index contributed by atoms with van der Waals surface area (Å²) in [5, 5.41) is 8.72. The van der Waals surface area contributed by atoms with Crippen molar-refractivity contribution in [1.29, 1.82) is 0 Å². The highest BCUT2D eigenvalue weighted by atomic mass is 16.5. The summed E-state index contributed by atoms with van der Waals surface area (Å²) in [6.45, 7) is 12.2. The van der Waals surface area contributed by atoms with Crippen molar-refractivity contribution in [2.24, 2.45) is 0 Å². The fraction of sp³-hybridized carbons (Fsp3) is 0.333. The number of hydroxylamine groups is 1. The maximum atomic E-state index is 8.72. The zero-order chi connectivity index (χ0) is 9.40. The van der Waals surface area contributed by atoms with E-state index in [2.05, 4.69) is 25.2 Å². The largest absolute Gasteiger partial charge is 0.315 e. The fourth-order valence-corrected chi connectivity index (χ4v) is 0.917. The SMILES string of the molecule is C=CCN(CC=C)C(C=C)NO. The van der Waals surface area contributed by atoms with Crippen LogP contribution < -0.4 is 5.48 Å². The van der Waals surface area contributed by atoms with Crippen molar-refractivity contribution >= 4 is 0 Å². The molecular formula is C9H16N2O. The molecule has 0 spiro atoms. The van der Waals surface area contributed by atoms with Crippen molar-refractivity contribution in [3.05, 3.63) is 38.0 Å². The molecule has 0 amide bonds. The molecule has 0 saturated carbocycles.